The van der Waals surface area contributed by atoms with E-state index in [1.54, 1.807) is 23.6 Å². The van der Waals surface area contributed by atoms with Crippen molar-refractivity contribution in [2.75, 3.05) is 0 Å². The topological polar surface area (TPSA) is 24.9 Å². The Bertz CT molecular complexity index is 484. The van der Waals surface area contributed by atoms with E-state index in [2.05, 4.69) is 17.2 Å². The highest BCUT2D eigenvalue weighted by atomic mass is 32.1. The van der Waals surface area contributed by atoms with Crippen LogP contribution < -0.4 is 5.32 Å². The Labute approximate surface area is 111 Å². The molecule has 0 spiro atoms. The first-order valence-electron chi connectivity index (χ1n) is 6.12. The molecular weight excluding hydrogens is 247 g/mol. The van der Waals surface area contributed by atoms with E-state index < -0.39 is 0 Å². The number of halogens is 1. The van der Waals surface area contributed by atoms with Gasteiger partial charge in [-0.1, -0.05) is 25.1 Å². The Kier molecular flexibility index (Phi) is 4.44. The summed E-state index contributed by atoms with van der Waals surface area (Å²) >= 11 is 1.63. The molecule has 0 saturated carbocycles. The van der Waals surface area contributed by atoms with Gasteiger partial charge in [-0.3, -0.25) is 0 Å². The lowest BCUT2D eigenvalue weighted by Crippen LogP contribution is -2.24. The first-order valence-corrected chi connectivity index (χ1v) is 7.00. The van der Waals surface area contributed by atoms with Crippen LogP contribution in [0, 0.1) is 5.82 Å². The minimum Gasteiger partial charge on any atom is -0.301 e. The Morgan fingerprint density at radius 3 is 2.78 bits per heavy atom. The van der Waals surface area contributed by atoms with E-state index in [0.29, 0.717) is 5.56 Å². The van der Waals surface area contributed by atoms with E-state index >= 15 is 0 Å². The summed E-state index contributed by atoms with van der Waals surface area (Å²) in [6.45, 7) is 4.09. The molecule has 1 aromatic heterocycles. The van der Waals surface area contributed by atoms with Gasteiger partial charge >= 0.3 is 0 Å². The average molecular weight is 264 g/mol. The van der Waals surface area contributed by atoms with Crippen molar-refractivity contribution in [3.63, 3.8) is 0 Å². The number of thiazole rings is 1. The van der Waals surface area contributed by atoms with Gasteiger partial charge in [0.15, 0.2) is 0 Å². The van der Waals surface area contributed by atoms with E-state index in [-0.39, 0.29) is 17.9 Å². The fourth-order valence-corrected chi connectivity index (χ4v) is 2.77. The van der Waals surface area contributed by atoms with Gasteiger partial charge < -0.3 is 5.32 Å². The van der Waals surface area contributed by atoms with Gasteiger partial charge in [0, 0.05) is 23.2 Å². The highest BCUT2D eigenvalue weighted by Gasteiger charge is 2.17. The molecule has 0 fully saturated rings. The van der Waals surface area contributed by atoms with Crippen LogP contribution in [0.25, 0.3) is 0 Å². The van der Waals surface area contributed by atoms with Crippen LogP contribution in [-0.2, 0) is 0 Å². The van der Waals surface area contributed by atoms with E-state index in [9.17, 15) is 4.39 Å². The molecule has 4 heteroatoms. The molecule has 96 valence electrons. The van der Waals surface area contributed by atoms with E-state index in [4.69, 9.17) is 0 Å². The van der Waals surface area contributed by atoms with Crippen molar-refractivity contribution in [3.05, 3.63) is 52.2 Å². The lowest BCUT2D eigenvalue weighted by atomic mass is 10.1. The van der Waals surface area contributed by atoms with Crippen molar-refractivity contribution in [1.82, 2.24) is 10.3 Å². The second-order valence-corrected chi connectivity index (χ2v) is 5.17. The minimum absolute atomic E-state index is 0.0277. The maximum Gasteiger partial charge on any atom is 0.127 e. The molecule has 0 amide bonds. The minimum atomic E-state index is -0.161. The SMILES string of the molecule is CCC(NC(C)c1ccccc1F)c1nccs1. The molecule has 0 radical (unpaired) electrons. The lowest BCUT2D eigenvalue weighted by molar-refractivity contribution is 0.441. The molecule has 18 heavy (non-hydrogen) atoms. The maximum absolute atomic E-state index is 13.7. The zero-order valence-electron chi connectivity index (χ0n) is 10.6. The summed E-state index contributed by atoms with van der Waals surface area (Å²) in [4.78, 5) is 4.32. The van der Waals surface area contributed by atoms with Crippen LogP contribution in [0.4, 0.5) is 4.39 Å². The van der Waals surface area contributed by atoms with Crippen molar-refractivity contribution in [2.24, 2.45) is 0 Å². The van der Waals surface area contributed by atoms with Crippen LogP contribution in [0.15, 0.2) is 35.8 Å². The van der Waals surface area contributed by atoms with Gasteiger partial charge in [0.25, 0.3) is 0 Å². The van der Waals surface area contributed by atoms with Gasteiger partial charge in [0.1, 0.15) is 10.8 Å². The molecular formula is C14H17FN2S. The Hall–Kier alpha value is -1.26. The number of aromatic nitrogens is 1. The number of benzene rings is 1. The first-order chi connectivity index (χ1) is 8.72. The Morgan fingerprint density at radius 2 is 2.17 bits per heavy atom. The van der Waals surface area contributed by atoms with Crippen LogP contribution in [0.2, 0.25) is 0 Å². The molecule has 0 bridgehead atoms. The zero-order chi connectivity index (χ0) is 13.0. The normalized spacial score (nSPS) is 14.4. The molecule has 1 heterocycles. The molecule has 2 atom stereocenters. The summed E-state index contributed by atoms with van der Waals surface area (Å²) in [5.74, 6) is -0.161. The fraction of sp³-hybridized carbons (Fsp3) is 0.357. The molecule has 1 N–H and O–H groups in total. The quantitative estimate of drug-likeness (QED) is 0.880. The predicted molar refractivity (Wildman–Crippen MR) is 73.1 cm³/mol. The molecule has 1 aromatic carbocycles. The summed E-state index contributed by atoms with van der Waals surface area (Å²) in [6.07, 6.45) is 2.74. The fourth-order valence-electron chi connectivity index (χ4n) is 1.99. The van der Waals surface area contributed by atoms with Crippen LogP contribution in [0.3, 0.4) is 0 Å². The predicted octanol–water partition coefficient (Wildman–Crippen LogP) is 4.08. The van der Waals surface area contributed by atoms with Crippen LogP contribution in [0.5, 0.6) is 0 Å². The monoisotopic (exact) mass is 264 g/mol. The average Bonchev–Trinajstić information content (AvgIpc) is 2.90. The van der Waals surface area contributed by atoms with Crippen LogP contribution in [0.1, 0.15) is 42.9 Å². The standard InChI is InChI=1S/C14H17FN2S/c1-3-13(14-16-8-9-18-14)17-10(2)11-6-4-5-7-12(11)15/h4-10,13,17H,3H2,1-2H3. The molecule has 0 aliphatic rings. The third-order valence-electron chi connectivity index (χ3n) is 2.98. The number of hydrogen-bond donors (Lipinski definition) is 1. The van der Waals surface area contributed by atoms with Gasteiger partial charge in [-0.15, -0.1) is 11.3 Å². The number of nitrogens with zero attached hydrogens (tertiary/aromatic N) is 1. The molecule has 2 aromatic rings. The van der Waals surface area contributed by atoms with Crippen molar-refractivity contribution in [1.29, 1.82) is 0 Å². The lowest BCUT2D eigenvalue weighted by Gasteiger charge is -2.21. The second-order valence-electron chi connectivity index (χ2n) is 4.24. The van der Waals surface area contributed by atoms with Gasteiger partial charge in [0.2, 0.25) is 0 Å². The van der Waals surface area contributed by atoms with E-state index in [1.807, 2.05) is 24.4 Å². The van der Waals surface area contributed by atoms with Crippen molar-refractivity contribution in [3.8, 4) is 0 Å². The van der Waals surface area contributed by atoms with Gasteiger partial charge in [-0.25, -0.2) is 9.37 Å². The zero-order valence-corrected chi connectivity index (χ0v) is 11.4. The van der Waals surface area contributed by atoms with Gasteiger partial charge in [-0.05, 0) is 19.4 Å². The second kappa shape index (κ2) is 6.07. The Morgan fingerprint density at radius 1 is 1.39 bits per heavy atom. The van der Waals surface area contributed by atoms with Gasteiger partial charge in [0.05, 0.1) is 6.04 Å². The van der Waals surface area contributed by atoms with Crippen molar-refractivity contribution in [2.45, 2.75) is 32.4 Å². The third kappa shape index (κ3) is 2.94. The largest absolute Gasteiger partial charge is 0.301 e. The summed E-state index contributed by atoms with van der Waals surface area (Å²) in [7, 11) is 0. The van der Waals surface area contributed by atoms with Gasteiger partial charge in [-0.2, -0.15) is 0 Å². The maximum atomic E-state index is 13.7. The van der Waals surface area contributed by atoms with E-state index in [1.165, 1.54) is 6.07 Å². The summed E-state index contributed by atoms with van der Waals surface area (Å²) < 4.78 is 13.7. The highest BCUT2D eigenvalue weighted by Crippen LogP contribution is 2.24. The summed E-state index contributed by atoms with van der Waals surface area (Å²) in [5.41, 5.74) is 0.701. The number of rotatable bonds is 5. The van der Waals surface area contributed by atoms with E-state index in [0.717, 1.165) is 11.4 Å². The smallest absolute Gasteiger partial charge is 0.127 e. The van der Waals surface area contributed by atoms with Crippen molar-refractivity contribution < 1.29 is 4.39 Å². The molecule has 0 aliphatic carbocycles. The third-order valence-corrected chi connectivity index (χ3v) is 3.87. The Balaban J connectivity index is 2.11. The molecule has 2 unspecified atom stereocenters. The molecule has 2 rings (SSSR count). The van der Waals surface area contributed by atoms with Crippen LogP contribution in [-0.4, -0.2) is 4.98 Å². The molecule has 2 nitrogen and oxygen atoms in total. The number of nitrogens with one attached hydrogen (secondary N) is 1. The summed E-state index contributed by atoms with van der Waals surface area (Å²) in [5, 5.41) is 6.46. The van der Waals surface area contributed by atoms with Crippen molar-refractivity contribution >= 4 is 11.3 Å². The summed E-state index contributed by atoms with van der Waals surface area (Å²) in [6, 6.07) is 7.05. The highest BCUT2D eigenvalue weighted by molar-refractivity contribution is 7.09. The van der Waals surface area contributed by atoms with Crippen LogP contribution >= 0.6 is 11.3 Å². The number of hydrogen-bond acceptors (Lipinski definition) is 3. The molecule has 0 aliphatic heterocycles. The molecule has 0 saturated heterocycles. The first kappa shape index (κ1) is 13.2.